The highest BCUT2D eigenvalue weighted by molar-refractivity contribution is 8.01. The third-order valence-corrected chi connectivity index (χ3v) is 6.20. The molecule has 26 heavy (non-hydrogen) atoms. The Labute approximate surface area is 163 Å². The maximum atomic E-state index is 12.0. The second kappa shape index (κ2) is 8.31. The van der Waals surface area contributed by atoms with E-state index in [2.05, 4.69) is 33.8 Å². The third kappa shape index (κ3) is 4.60. The molecule has 0 aliphatic carbocycles. The molecule has 3 rings (SSSR count). The van der Waals surface area contributed by atoms with Crippen molar-refractivity contribution in [3.63, 3.8) is 0 Å². The number of aromatic nitrogens is 2. The van der Waals surface area contributed by atoms with E-state index >= 15 is 0 Å². The fourth-order valence-electron chi connectivity index (χ4n) is 2.17. The van der Waals surface area contributed by atoms with E-state index in [4.69, 9.17) is 5.26 Å². The van der Waals surface area contributed by atoms with Crippen molar-refractivity contribution in [2.45, 2.75) is 18.2 Å². The van der Waals surface area contributed by atoms with Crippen LogP contribution in [0.4, 0.5) is 15.8 Å². The molecule has 132 valence electrons. The minimum atomic E-state index is -0.173. The molecule has 1 aromatic carbocycles. The second-order valence-electron chi connectivity index (χ2n) is 5.43. The molecule has 2 N–H and O–H groups in total. The quantitative estimate of drug-likeness (QED) is 0.588. The van der Waals surface area contributed by atoms with E-state index in [-0.39, 0.29) is 11.7 Å². The van der Waals surface area contributed by atoms with Crippen molar-refractivity contribution in [2.24, 2.45) is 0 Å². The van der Waals surface area contributed by atoms with Gasteiger partial charge in [0.2, 0.25) is 11.0 Å². The van der Waals surface area contributed by atoms with Crippen LogP contribution in [-0.2, 0) is 4.79 Å². The van der Waals surface area contributed by atoms with Crippen LogP contribution in [0.5, 0.6) is 0 Å². The minimum absolute atomic E-state index is 0.173. The summed E-state index contributed by atoms with van der Waals surface area (Å²) in [5.74, 6) is 0.0362. The standard InChI is InChI=1S/C17H15N5OS3/c1-10-3-4-13(11(2)7-10)19-16-21-22-17(26-16)25-9-14(23)20-15-12(8-18)5-6-24-15/h3-7H,9H2,1-2H3,(H,19,21)(H,20,23). The van der Waals surface area contributed by atoms with Crippen LogP contribution < -0.4 is 10.6 Å². The fourth-order valence-corrected chi connectivity index (χ4v) is 4.49. The Bertz CT molecular complexity index is 973. The number of amides is 1. The average molecular weight is 402 g/mol. The van der Waals surface area contributed by atoms with Crippen molar-refractivity contribution < 1.29 is 4.79 Å². The number of carbonyl (C=O) groups excluding carboxylic acids is 1. The second-order valence-corrected chi connectivity index (χ2v) is 8.54. The summed E-state index contributed by atoms with van der Waals surface area (Å²) in [5.41, 5.74) is 3.81. The van der Waals surface area contributed by atoms with Gasteiger partial charge in [-0.15, -0.1) is 21.5 Å². The van der Waals surface area contributed by atoms with Gasteiger partial charge in [-0.05, 0) is 36.9 Å². The molecule has 2 heterocycles. The number of nitrogens with one attached hydrogen (secondary N) is 2. The number of hydrogen-bond donors (Lipinski definition) is 2. The number of rotatable bonds is 6. The van der Waals surface area contributed by atoms with E-state index in [1.165, 1.54) is 40.0 Å². The highest BCUT2D eigenvalue weighted by Crippen LogP contribution is 2.29. The predicted octanol–water partition coefficient (Wildman–Crippen LogP) is 4.56. The Kier molecular flexibility index (Phi) is 5.88. The van der Waals surface area contributed by atoms with Crippen LogP contribution in [0.15, 0.2) is 34.0 Å². The first-order valence-electron chi connectivity index (χ1n) is 7.63. The van der Waals surface area contributed by atoms with Gasteiger partial charge in [0.05, 0.1) is 11.3 Å². The van der Waals surface area contributed by atoms with Crippen molar-refractivity contribution in [3.8, 4) is 6.07 Å². The van der Waals surface area contributed by atoms with Crippen molar-refractivity contribution in [3.05, 3.63) is 46.3 Å². The third-order valence-electron chi connectivity index (χ3n) is 3.40. The molecular formula is C17H15N5OS3. The Balaban J connectivity index is 1.55. The lowest BCUT2D eigenvalue weighted by Crippen LogP contribution is -2.13. The van der Waals surface area contributed by atoms with Gasteiger partial charge >= 0.3 is 0 Å². The largest absolute Gasteiger partial charge is 0.330 e. The van der Waals surface area contributed by atoms with Crippen LogP contribution in [-0.4, -0.2) is 21.9 Å². The van der Waals surface area contributed by atoms with Gasteiger partial charge in [-0.3, -0.25) is 4.79 Å². The van der Waals surface area contributed by atoms with Crippen molar-refractivity contribution in [1.82, 2.24) is 10.2 Å². The summed E-state index contributed by atoms with van der Waals surface area (Å²) in [6.07, 6.45) is 0. The first-order chi connectivity index (χ1) is 12.5. The van der Waals surface area contributed by atoms with Crippen LogP contribution in [0, 0.1) is 25.2 Å². The summed E-state index contributed by atoms with van der Waals surface area (Å²) in [7, 11) is 0. The van der Waals surface area contributed by atoms with Gasteiger partial charge in [0, 0.05) is 5.69 Å². The summed E-state index contributed by atoms with van der Waals surface area (Å²) in [5, 5.41) is 26.2. The molecule has 6 nitrogen and oxygen atoms in total. The van der Waals surface area contributed by atoms with Crippen molar-refractivity contribution in [2.75, 3.05) is 16.4 Å². The Morgan fingerprint density at radius 2 is 2.15 bits per heavy atom. The highest BCUT2D eigenvalue weighted by Gasteiger charge is 2.11. The molecule has 0 aliphatic heterocycles. The zero-order valence-electron chi connectivity index (χ0n) is 14.1. The van der Waals surface area contributed by atoms with Gasteiger partial charge in [-0.25, -0.2) is 0 Å². The number of thioether (sulfide) groups is 1. The van der Waals surface area contributed by atoms with Crippen LogP contribution >= 0.6 is 34.4 Å². The van der Waals surface area contributed by atoms with Crippen LogP contribution in [0.1, 0.15) is 16.7 Å². The molecule has 2 aromatic heterocycles. The number of nitriles is 1. The molecule has 0 aliphatic rings. The molecule has 0 radical (unpaired) electrons. The van der Waals surface area contributed by atoms with Gasteiger partial charge in [0.1, 0.15) is 11.1 Å². The zero-order valence-corrected chi connectivity index (χ0v) is 16.5. The Morgan fingerprint density at radius 3 is 2.92 bits per heavy atom. The summed E-state index contributed by atoms with van der Waals surface area (Å²) in [6.45, 7) is 4.09. The van der Waals surface area contributed by atoms with E-state index in [0.29, 0.717) is 20.0 Å². The topological polar surface area (TPSA) is 90.7 Å². The lowest BCUT2D eigenvalue weighted by molar-refractivity contribution is -0.113. The molecule has 3 aromatic rings. The van der Waals surface area contributed by atoms with E-state index in [9.17, 15) is 4.79 Å². The monoisotopic (exact) mass is 401 g/mol. The molecule has 0 fully saturated rings. The number of aryl methyl sites for hydroxylation is 2. The molecule has 0 bridgehead atoms. The molecule has 9 heteroatoms. The van der Waals surface area contributed by atoms with Crippen LogP contribution in [0.25, 0.3) is 0 Å². The summed E-state index contributed by atoms with van der Waals surface area (Å²) < 4.78 is 0.708. The minimum Gasteiger partial charge on any atom is -0.330 e. The van der Waals surface area contributed by atoms with Crippen LogP contribution in [0.3, 0.4) is 0 Å². The fraction of sp³-hybridized carbons (Fsp3) is 0.176. The van der Waals surface area contributed by atoms with Crippen molar-refractivity contribution >= 4 is 56.2 Å². The molecule has 0 saturated carbocycles. The number of carbonyl (C=O) groups is 1. The summed E-state index contributed by atoms with van der Waals surface area (Å²) in [6, 6.07) is 9.89. The lowest BCUT2D eigenvalue weighted by Gasteiger charge is -2.06. The SMILES string of the molecule is Cc1ccc(Nc2nnc(SCC(=O)Nc3sccc3C#N)s2)c(C)c1. The van der Waals surface area contributed by atoms with Gasteiger partial charge in [-0.1, -0.05) is 40.8 Å². The summed E-state index contributed by atoms with van der Waals surface area (Å²) >= 11 is 4.05. The predicted molar refractivity (Wildman–Crippen MR) is 107 cm³/mol. The van der Waals surface area contributed by atoms with Gasteiger partial charge in [0.15, 0.2) is 4.34 Å². The zero-order chi connectivity index (χ0) is 18.5. The maximum Gasteiger partial charge on any atom is 0.235 e. The first-order valence-corrected chi connectivity index (χ1v) is 10.3. The number of anilines is 3. The highest BCUT2D eigenvalue weighted by atomic mass is 32.2. The molecule has 0 spiro atoms. The van der Waals surface area contributed by atoms with Crippen molar-refractivity contribution in [1.29, 1.82) is 5.26 Å². The van der Waals surface area contributed by atoms with E-state index in [1.807, 2.05) is 25.1 Å². The number of hydrogen-bond acceptors (Lipinski definition) is 8. The number of thiophene rings is 1. The normalized spacial score (nSPS) is 10.3. The van der Waals surface area contributed by atoms with Gasteiger partial charge in [0.25, 0.3) is 0 Å². The maximum absolute atomic E-state index is 12.0. The Hall–Kier alpha value is -2.41. The van der Waals surface area contributed by atoms with E-state index in [1.54, 1.807) is 11.4 Å². The van der Waals surface area contributed by atoms with Gasteiger partial charge in [-0.2, -0.15) is 5.26 Å². The van der Waals surface area contributed by atoms with E-state index < -0.39 is 0 Å². The Morgan fingerprint density at radius 1 is 1.31 bits per heavy atom. The lowest BCUT2D eigenvalue weighted by atomic mass is 10.1. The summed E-state index contributed by atoms with van der Waals surface area (Å²) in [4.78, 5) is 12.0. The molecule has 0 atom stereocenters. The number of nitrogens with zero attached hydrogens (tertiary/aromatic N) is 3. The van der Waals surface area contributed by atoms with Gasteiger partial charge < -0.3 is 10.6 Å². The average Bonchev–Trinajstić information content (AvgIpc) is 3.24. The number of benzene rings is 1. The van der Waals surface area contributed by atoms with Crippen LogP contribution in [0.2, 0.25) is 0 Å². The molecule has 1 amide bonds. The molecular weight excluding hydrogens is 386 g/mol. The molecule has 0 unspecified atom stereocenters. The smallest absolute Gasteiger partial charge is 0.235 e. The molecule has 0 saturated heterocycles. The van der Waals surface area contributed by atoms with E-state index in [0.717, 1.165) is 11.3 Å². The first kappa shape index (κ1) is 18.4.